The van der Waals surface area contributed by atoms with Gasteiger partial charge in [0, 0.05) is 55.8 Å². The van der Waals surface area contributed by atoms with Crippen molar-refractivity contribution in [3.8, 4) is 5.75 Å². The van der Waals surface area contributed by atoms with Crippen molar-refractivity contribution in [2.75, 3.05) is 13.1 Å². The third-order valence-corrected chi connectivity index (χ3v) is 7.12. The maximum Gasteiger partial charge on any atom is 0.410 e. The van der Waals surface area contributed by atoms with Gasteiger partial charge in [0.05, 0.1) is 5.69 Å². The molecule has 1 spiro atoms. The number of ether oxygens (including phenoxy) is 2. The summed E-state index contributed by atoms with van der Waals surface area (Å²) in [5.41, 5.74) is 3.49. The van der Waals surface area contributed by atoms with Gasteiger partial charge in [-0.3, -0.25) is 9.88 Å². The highest BCUT2D eigenvalue weighted by Crippen LogP contribution is 2.50. The third-order valence-electron chi connectivity index (χ3n) is 7.12. The maximum absolute atomic E-state index is 12.3. The Morgan fingerprint density at radius 3 is 2.58 bits per heavy atom. The van der Waals surface area contributed by atoms with Crippen LogP contribution in [-0.2, 0) is 24.2 Å². The standard InChI is InChI=1S/C27H35N3O3/c1-19-12-23-22(16-29(19)15-20-8-6-5-7-9-20)24(10-11-28-23)32-21-13-27(14-21)17-30(18-27)25(31)33-26(2,3)4/h5-11,19,21H,12-18H2,1-4H3. The molecule has 1 atom stereocenters. The molecule has 6 nitrogen and oxygen atoms in total. The summed E-state index contributed by atoms with van der Waals surface area (Å²) < 4.78 is 12.0. The van der Waals surface area contributed by atoms with Crippen molar-refractivity contribution in [1.82, 2.24) is 14.8 Å². The molecule has 1 unspecified atom stereocenters. The summed E-state index contributed by atoms with van der Waals surface area (Å²) in [7, 11) is 0. The second kappa shape index (κ2) is 8.32. The first-order chi connectivity index (χ1) is 15.7. The number of rotatable bonds is 4. The van der Waals surface area contributed by atoms with Gasteiger partial charge < -0.3 is 14.4 Å². The number of hydrogen-bond donors (Lipinski definition) is 0. The number of carbonyl (C=O) groups excluding carboxylic acids is 1. The molecular weight excluding hydrogens is 414 g/mol. The maximum atomic E-state index is 12.3. The largest absolute Gasteiger partial charge is 0.490 e. The lowest BCUT2D eigenvalue weighted by Crippen LogP contribution is -2.66. The highest BCUT2D eigenvalue weighted by Gasteiger charge is 2.55. The van der Waals surface area contributed by atoms with Gasteiger partial charge in [-0.15, -0.1) is 0 Å². The quantitative estimate of drug-likeness (QED) is 0.671. The fraction of sp³-hybridized carbons (Fsp3) is 0.556. The lowest BCUT2D eigenvalue weighted by atomic mass is 9.62. The summed E-state index contributed by atoms with van der Waals surface area (Å²) in [5.74, 6) is 0.980. The molecule has 2 aromatic rings. The lowest BCUT2D eigenvalue weighted by Gasteiger charge is -2.58. The van der Waals surface area contributed by atoms with E-state index in [0.717, 1.165) is 56.9 Å². The summed E-state index contributed by atoms with van der Waals surface area (Å²) in [6, 6.07) is 13.1. The van der Waals surface area contributed by atoms with Gasteiger partial charge >= 0.3 is 6.09 Å². The Labute approximate surface area is 196 Å². The van der Waals surface area contributed by atoms with Crippen LogP contribution in [0.4, 0.5) is 4.79 Å². The molecule has 1 aromatic heterocycles. The summed E-state index contributed by atoms with van der Waals surface area (Å²) in [6.07, 6.45) is 4.82. The average molecular weight is 450 g/mol. The van der Waals surface area contributed by atoms with E-state index in [2.05, 4.69) is 47.1 Å². The number of carbonyl (C=O) groups is 1. The Morgan fingerprint density at radius 1 is 1.15 bits per heavy atom. The van der Waals surface area contributed by atoms with Crippen LogP contribution < -0.4 is 4.74 Å². The summed E-state index contributed by atoms with van der Waals surface area (Å²) in [4.78, 5) is 21.3. The number of likely N-dealkylation sites (tertiary alicyclic amines) is 1. The van der Waals surface area contributed by atoms with Gasteiger partial charge in [0.2, 0.25) is 0 Å². The van der Waals surface area contributed by atoms with Crippen LogP contribution in [0, 0.1) is 5.41 Å². The zero-order valence-corrected chi connectivity index (χ0v) is 20.2. The van der Waals surface area contributed by atoms with E-state index in [9.17, 15) is 4.79 Å². The Morgan fingerprint density at radius 2 is 1.88 bits per heavy atom. The molecule has 1 aliphatic carbocycles. The number of benzene rings is 1. The molecule has 1 saturated heterocycles. The van der Waals surface area contributed by atoms with Gasteiger partial charge in [0.15, 0.2) is 0 Å². The number of fused-ring (bicyclic) bond motifs is 1. The van der Waals surface area contributed by atoms with Crippen LogP contribution in [0.5, 0.6) is 5.75 Å². The lowest BCUT2D eigenvalue weighted by molar-refractivity contribution is -0.117. The van der Waals surface area contributed by atoms with Crippen molar-refractivity contribution in [3.63, 3.8) is 0 Å². The number of nitrogens with zero attached hydrogens (tertiary/aromatic N) is 3. The first kappa shape index (κ1) is 22.2. The van der Waals surface area contributed by atoms with Crippen LogP contribution in [0.1, 0.15) is 57.4 Å². The Kier molecular flexibility index (Phi) is 5.60. The second-order valence-corrected chi connectivity index (χ2v) is 11.2. The van der Waals surface area contributed by atoms with Crippen LogP contribution in [0.25, 0.3) is 0 Å². The summed E-state index contributed by atoms with van der Waals surface area (Å²) in [5, 5.41) is 0. The Hall–Kier alpha value is -2.60. The number of aromatic nitrogens is 1. The van der Waals surface area contributed by atoms with E-state index >= 15 is 0 Å². The molecule has 3 heterocycles. The third kappa shape index (κ3) is 4.72. The molecule has 0 radical (unpaired) electrons. The monoisotopic (exact) mass is 449 g/mol. The van der Waals surface area contributed by atoms with Gasteiger partial charge in [-0.2, -0.15) is 0 Å². The average Bonchev–Trinajstić information content (AvgIpc) is 2.69. The molecule has 6 heteroatoms. The van der Waals surface area contributed by atoms with Crippen molar-refractivity contribution >= 4 is 6.09 Å². The predicted molar refractivity (Wildman–Crippen MR) is 127 cm³/mol. The van der Waals surface area contributed by atoms with E-state index in [4.69, 9.17) is 9.47 Å². The highest BCUT2D eigenvalue weighted by atomic mass is 16.6. The van der Waals surface area contributed by atoms with Crippen molar-refractivity contribution < 1.29 is 14.3 Å². The van der Waals surface area contributed by atoms with Crippen LogP contribution in [0.3, 0.4) is 0 Å². The number of hydrogen-bond acceptors (Lipinski definition) is 5. The molecule has 1 aromatic carbocycles. The van der Waals surface area contributed by atoms with Gasteiger partial charge in [0.1, 0.15) is 17.5 Å². The molecule has 0 N–H and O–H groups in total. The van der Waals surface area contributed by atoms with Crippen molar-refractivity contribution in [1.29, 1.82) is 0 Å². The molecule has 0 bridgehead atoms. The SMILES string of the molecule is CC1Cc2nccc(OC3CC4(C3)CN(C(=O)OC(C)(C)C)C4)c2CN1Cc1ccccc1. The fourth-order valence-electron chi connectivity index (χ4n) is 5.41. The van der Waals surface area contributed by atoms with Gasteiger partial charge in [-0.05, 0) is 52.2 Å². The van der Waals surface area contributed by atoms with E-state index < -0.39 is 5.60 Å². The van der Waals surface area contributed by atoms with E-state index in [1.807, 2.05) is 37.9 Å². The molecular formula is C27H35N3O3. The highest BCUT2D eigenvalue weighted by molar-refractivity contribution is 5.69. The Bertz CT molecular complexity index is 1000. The molecule has 33 heavy (non-hydrogen) atoms. The molecule has 1 amide bonds. The molecule has 5 rings (SSSR count). The van der Waals surface area contributed by atoms with Gasteiger partial charge in [-0.25, -0.2) is 4.79 Å². The summed E-state index contributed by atoms with van der Waals surface area (Å²) >= 11 is 0. The minimum absolute atomic E-state index is 0.201. The number of pyridine rings is 1. The van der Waals surface area contributed by atoms with E-state index in [1.165, 1.54) is 11.1 Å². The van der Waals surface area contributed by atoms with Crippen LogP contribution in [0.15, 0.2) is 42.6 Å². The first-order valence-corrected chi connectivity index (χ1v) is 12.1. The molecule has 3 aliphatic rings. The van der Waals surface area contributed by atoms with E-state index in [1.54, 1.807) is 0 Å². The van der Waals surface area contributed by atoms with Crippen molar-refractivity contribution in [3.05, 3.63) is 59.4 Å². The second-order valence-electron chi connectivity index (χ2n) is 11.2. The normalized spacial score (nSPS) is 22.3. The molecule has 2 aliphatic heterocycles. The van der Waals surface area contributed by atoms with Crippen LogP contribution in [-0.4, -0.2) is 51.7 Å². The summed E-state index contributed by atoms with van der Waals surface area (Å²) in [6.45, 7) is 11.4. The topological polar surface area (TPSA) is 54.9 Å². The van der Waals surface area contributed by atoms with Crippen molar-refractivity contribution in [2.24, 2.45) is 5.41 Å². The van der Waals surface area contributed by atoms with Gasteiger partial charge in [-0.1, -0.05) is 30.3 Å². The zero-order valence-electron chi connectivity index (χ0n) is 20.2. The molecule has 2 fully saturated rings. The molecule has 1 saturated carbocycles. The first-order valence-electron chi connectivity index (χ1n) is 12.1. The van der Waals surface area contributed by atoms with Crippen molar-refractivity contribution in [2.45, 2.75) is 77.8 Å². The molecule has 176 valence electrons. The van der Waals surface area contributed by atoms with Crippen LogP contribution in [0.2, 0.25) is 0 Å². The smallest absolute Gasteiger partial charge is 0.410 e. The van der Waals surface area contributed by atoms with E-state index in [0.29, 0.717) is 6.04 Å². The zero-order chi connectivity index (χ0) is 23.2. The van der Waals surface area contributed by atoms with E-state index in [-0.39, 0.29) is 17.6 Å². The minimum atomic E-state index is -0.447. The van der Waals surface area contributed by atoms with Crippen LogP contribution >= 0.6 is 0 Å². The Balaban J connectivity index is 1.18. The minimum Gasteiger partial charge on any atom is -0.490 e. The predicted octanol–water partition coefficient (Wildman–Crippen LogP) is 4.81. The number of amides is 1. The van der Waals surface area contributed by atoms with Gasteiger partial charge in [0.25, 0.3) is 0 Å². The fourth-order valence-corrected chi connectivity index (χ4v) is 5.41.